The molecule has 0 radical (unpaired) electrons. The number of ketones is 1. The number of Topliss-reactive ketones (excluding diaryl/α,β-unsaturated/α-hetero) is 1. The Bertz CT molecular complexity index is 3380. The van der Waals surface area contributed by atoms with E-state index in [0.29, 0.717) is 16.6 Å². The predicted octanol–water partition coefficient (Wildman–Crippen LogP) is 10.5. The second-order valence-electron chi connectivity index (χ2n) is 16.0. The molecule has 0 amide bonds. The van der Waals surface area contributed by atoms with Crippen molar-refractivity contribution in [1.82, 2.24) is 39.5 Å². The van der Waals surface area contributed by atoms with Crippen LogP contribution in [-0.2, 0) is 10.3 Å². The van der Waals surface area contributed by atoms with Gasteiger partial charge >= 0.3 is 31.2 Å². The Kier molecular flexibility index (Phi) is 18.6. The summed E-state index contributed by atoms with van der Waals surface area (Å²) in [6.07, 6.45) is 3.19. The van der Waals surface area contributed by atoms with E-state index in [4.69, 9.17) is 4.74 Å². The standard InChI is InChI=1S/C22H14F4N4O.C13H8BrFN2.C9H5F3N2O.C4H8O.C4H9.Li/c23-15-4-6-16(7-5-15)30-19-8-3-14(10-13(19)11-29-30)21(31,22(24,25)26)18-12-28-20-17(18)2-1-9-27-20;14-10-1-6-13-9(7-10)8-16-17(13)12-4-2-11(15)3-5-12;10-9(11,12)7(15)6-4-14-8-5(6)2-1-3-13-8;1-2-4-5-3-1;1-3-4-2;/h1-12,31H,(H,27,28);1-8H;1-4H,(H,13,14);1-4H2;1,3-4H2,2H3;/q;;;;-1;+1. The van der Waals surface area contributed by atoms with Gasteiger partial charge in [-0.25, -0.2) is 28.1 Å². The van der Waals surface area contributed by atoms with Crippen LogP contribution in [0.3, 0.4) is 0 Å². The summed E-state index contributed by atoms with van der Waals surface area (Å²) >= 11 is 3.42. The number of aromatic nitrogens is 8. The number of pyridine rings is 2. The molecule has 0 aliphatic carbocycles. The summed E-state index contributed by atoms with van der Waals surface area (Å²) in [5.74, 6) is -2.51. The Labute approximate surface area is 432 Å². The molecule has 1 atom stereocenters. The van der Waals surface area contributed by atoms with Crippen molar-refractivity contribution >= 4 is 65.6 Å². The van der Waals surface area contributed by atoms with Crippen molar-refractivity contribution in [2.45, 2.75) is 50.6 Å². The number of hydrogen-bond donors (Lipinski definition) is 3. The van der Waals surface area contributed by atoms with Crippen molar-refractivity contribution in [2.75, 3.05) is 13.2 Å². The Balaban J connectivity index is 0.000000174. The third-order valence-corrected chi connectivity index (χ3v) is 11.5. The zero-order valence-corrected chi connectivity index (χ0v) is 40.7. The molecular weight excluding hydrogens is 1020 g/mol. The predicted molar refractivity (Wildman–Crippen MR) is 262 cm³/mol. The monoisotopic (exact) mass is 1070 g/mol. The maximum Gasteiger partial charge on any atom is 1.00 e. The maximum absolute atomic E-state index is 14.2. The Hall–Kier alpha value is -6.69. The third-order valence-electron chi connectivity index (χ3n) is 11.0. The summed E-state index contributed by atoms with van der Waals surface area (Å²) < 4.78 is 115. The molecule has 1 unspecified atom stereocenters. The summed E-state index contributed by atoms with van der Waals surface area (Å²) in [6, 6.07) is 27.6. The van der Waals surface area contributed by atoms with Crippen molar-refractivity contribution < 1.29 is 68.6 Å². The molecule has 4 aromatic carbocycles. The van der Waals surface area contributed by atoms with Crippen LogP contribution in [0.5, 0.6) is 0 Å². The molecule has 1 aliphatic heterocycles. The molecule has 1 aliphatic rings. The largest absolute Gasteiger partial charge is 1.00 e. The fraction of sp³-hybridized carbons (Fsp3) is 0.192. The first-order valence-electron chi connectivity index (χ1n) is 22.2. The van der Waals surface area contributed by atoms with Gasteiger partial charge in [0.15, 0.2) is 0 Å². The average molecular weight is 1070 g/mol. The van der Waals surface area contributed by atoms with Gasteiger partial charge in [-0.1, -0.05) is 35.3 Å². The molecule has 21 heteroatoms. The van der Waals surface area contributed by atoms with Crippen molar-refractivity contribution in [1.29, 1.82) is 0 Å². The summed E-state index contributed by atoms with van der Waals surface area (Å²) in [5.41, 5.74) is -0.923. The van der Waals surface area contributed by atoms with Crippen LogP contribution < -0.4 is 18.9 Å². The van der Waals surface area contributed by atoms with Gasteiger partial charge in [0.25, 0.3) is 5.78 Å². The Morgan fingerprint density at radius 2 is 1.22 bits per heavy atom. The molecular formula is C52H44BrF8LiN8O3. The number of aromatic amines is 2. The van der Waals surface area contributed by atoms with Crippen LogP contribution in [-0.4, -0.2) is 76.0 Å². The van der Waals surface area contributed by atoms with E-state index in [1.165, 1.54) is 121 Å². The number of carbonyl (C=O) groups is 1. The first-order chi connectivity index (χ1) is 34.4. The van der Waals surface area contributed by atoms with Gasteiger partial charge in [0.05, 0.1) is 40.4 Å². The first-order valence-corrected chi connectivity index (χ1v) is 23.0. The van der Waals surface area contributed by atoms with E-state index >= 15 is 0 Å². The quantitative estimate of drug-likeness (QED) is 0.0652. The van der Waals surface area contributed by atoms with E-state index in [1.807, 2.05) is 18.2 Å². The molecule has 11 rings (SSSR count). The van der Waals surface area contributed by atoms with Gasteiger partial charge in [-0.15, -0.1) is 0 Å². The number of aliphatic hydroxyl groups is 1. The second-order valence-corrected chi connectivity index (χ2v) is 16.9. The molecule has 7 heterocycles. The normalized spacial score (nSPS) is 13.1. The number of nitrogens with one attached hydrogen (secondary N) is 2. The molecule has 11 nitrogen and oxygen atoms in total. The third kappa shape index (κ3) is 12.9. The number of benzene rings is 4. The second kappa shape index (κ2) is 24.4. The van der Waals surface area contributed by atoms with E-state index in [-0.39, 0.29) is 57.9 Å². The number of ether oxygens (including phenoxy) is 1. The fourth-order valence-corrected chi connectivity index (χ4v) is 7.75. The van der Waals surface area contributed by atoms with Gasteiger partial charge in [-0.3, -0.25) is 4.79 Å². The van der Waals surface area contributed by atoms with E-state index in [0.717, 1.165) is 53.1 Å². The van der Waals surface area contributed by atoms with Gasteiger partial charge in [0.2, 0.25) is 5.60 Å². The first kappa shape index (κ1) is 55.6. The number of hydrogen-bond acceptors (Lipinski definition) is 7. The minimum Gasteiger partial charge on any atom is -0.381 e. The number of unbranched alkanes of at least 4 members (excludes halogenated alkanes) is 1. The number of alkyl halides is 6. The van der Waals surface area contributed by atoms with E-state index in [1.54, 1.807) is 23.0 Å². The molecule has 1 fully saturated rings. The molecule has 73 heavy (non-hydrogen) atoms. The molecule has 374 valence electrons. The van der Waals surface area contributed by atoms with Crippen LogP contribution >= 0.6 is 15.9 Å². The maximum atomic E-state index is 14.2. The van der Waals surface area contributed by atoms with Crippen LogP contribution in [0, 0.1) is 18.6 Å². The number of rotatable bonds is 6. The number of H-pyrrole nitrogens is 2. The van der Waals surface area contributed by atoms with Crippen LogP contribution in [0.4, 0.5) is 35.1 Å². The molecule has 1 saturated heterocycles. The van der Waals surface area contributed by atoms with Gasteiger partial charge in [0.1, 0.15) is 22.9 Å². The van der Waals surface area contributed by atoms with E-state index in [9.17, 15) is 45.0 Å². The van der Waals surface area contributed by atoms with Crippen LogP contribution in [0.25, 0.3) is 55.2 Å². The van der Waals surface area contributed by atoms with Gasteiger partial charge in [0, 0.05) is 69.6 Å². The summed E-state index contributed by atoms with van der Waals surface area (Å²) in [4.78, 5) is 24.0. The van der Waals surface area contributed by atoms with Crippen LogP contribution in [0.2, 0.25) is 0 Å². The summed E-state index contributed by atoms with van der Waals surface area (Å²) in [7, 11) is 0. The SMILES string of the molecule is C1CCOC1.Fc1ccc(-n2ncc3cc(Br)ccc32)cc1.O=C(c1c[nH]c2ncccc12)C(F)(F)F.OC(c1ccc2c(cnn2-c2ccc(F)cc2)c1)(c1c[nH]c2ncccc12)C(F)(F)F.[CH2-]CCC.[Li+]. The summed E-state index contributed by atoms with van der Waals surface area (Å²) in [6.45, 7) is 7.72. The Morgan fingerprint density at radius 3 is 1.71 bits per heavy atom. The molecule has 6 aromatic heterocycles. The van der Waals surface area contributed by atoms with Gasteiger partial charge in [-0.05, 0) is 122 Å². The minimum atomic E-state index is -5.00. The molecule has 10 aromatic rings. The molecule has 0 spiro atoms. The van der Waals surface area contributed by atoms with Gasteiger partial charge < -0.3 is 26.7 Å². The molecule has 0 saturated carbocycles. The minimum absolute atomic E-state index is 0. The number of fused-ring (bicyclic) bond motifs is 4. The van der Waals surface area contributed by atoms with Crippen molar-refractivity contribution in [3.05, 3.63) is 186 Å². The Morgan fingerprint density at radius 1 is 0.726 bits per heavy atom. The van der Waals surface area contributed by atoms with Crippen LogP contribution in [0.1, 0.15) is 54.1 Å². The average Bonchev–Trinajstić information content (AvgIpc) is 4.25. The van der Waals surface area contributed by atoms with Crippen molar-refractivity contribution in [3.63, 3.8) is 0 Å². The van der Waals surface area contributed by atoms with Crippen molar-refractivity contribution in [2.24, 2.45) is 0 Å². The van der Waals surface area contributed by atoms with E-state index in [2.05, 4.69) is 59.9 Å². The number of nitrogens with zero attached hydrogens (tertiary/aromatic N) is 6. The van der Waals surface area contributed by atoms with E-state index < -0.39 is 35.1 Å². The topological polar surface area (TPSA) is 140 Å². The molecule has 0 bridgehead atoms. The fourth-order valence-electron chi connectivity index (χ4n) is 7.37. The summed E-state index contributed by atoms with van der Waals surface area (Å²) in [5, 5.41) is 21.4. The zero-order chi connectivity index (χ0) is 51.6. The van der Waals surface area contributed by atoms with Crippen molar-refractivity contribution in [3.8, 4) is 11.4 Å². The van der Waals surface area contributed by atoms with Crippen LogP contribution in [0.15, 0.2) is 151 Å². The molecule has 3 N–H and O–H groups in total. The zero-order valence-electron chi connectivity index (χ0n) is 39.2. The number of halogens is 9. The smallest absolute Gasteiger partial charge is 0.381 e. The van der Waals surface area contributed by atoms with Gasteiger partial charge in [-0.2, -0.15) is 43.0 Å². The number of carbonyl (C=O) groups excluding carboxylic acids is 1.